The fraction of sp³-hybridized carbons (Fsp3) is 0.179. The van der Waals surface area contributed by atoms with Gasteiger partial charge in [0.1, 0.15) is 0 Å². The molecule has 0 spiro atoms. The molecule has 0 aromatic heterocycles. The molecular formula is C39H36ClN3O2. The molecule has 1 fully saturated rings. The molecule has 5 aromatic rings. The lowest BCUT2D eigenvalue weighted by atomic mass is 9.79. The van der Waals surface area contributed by atoms with E-state index in [1.807, 2.05) is 109 Å². The second kappa shape index (κ2) is 14.3. The molecule has 1 saturated heterocycles. The molecule has 45 heavy (non-hydrogen) atoms. The van der Waals surface area contributed by atoms with Crippen LogP contribution in [0.25, 0.3) is 11.1 Å². The van der Waals surface area contributed by atoms with Gasteiger partial charge in [-0.25, -0.2) is 0 Å². The number of piperidine rings is 1. The Morgan fingerprint density at radius 2 is 1.36 bits per heavy atom. The van der Waals surface area contributed by atoms with E-state index in [0.717, 1.165) is 59.6 Å². The molecule has 1 aliphatic rings. The first-order valence-electron chi connectivity index (χ1n) is 15.4. The smallest absolute Gasteiger partial charge is 0.256 e. The lowest BCUT2D eigenvalue weighted by Gasteiger charge is -2.37. The second-order valence-corrected chi connectivity index (χ2v) is 11.9. The minimum Gasteiger partial charge on any atom is -0.372 e. The number of rotatable bonds is 9. The molecule has 1 unspecified atom stereocenters. The zero-order valence-electron chi connectivity index (χ0n) is 25.0. The van der Waals surface area contributed by atoms with E-state index in [9.17, 15) is 9.59 Å². The predicted octanol–water partition coefficient (Wildman–Crippen LogP) is 8.58. The molecule has 1 aliphatic heterocycles. The Morgan fingerprint density at radius 3 is 2.04 bits per heavy atom. The quantitative estimate of drug-likeness (QED) is 0.175. The maximum atomic E-state index is 13.5. The van der Waals surface area contributed by atoms with Gasteiger partial charge in [0.25, 0.3) is 5.91 Å². The Balaban J connectivity index is 1.09. The number of carbonyl (C=O) groups excluding carboxylic acids is 2. The number of benzene rings is 5. The maximum absolute atomic E-state index is 13.5. The lowest BCUT2D eigenvalue weighted by Crippen LogP contribution is -2.40. The predicted molar refractivity (Wildman–Crippen MR) is 184 cm³/mol. The fourth-order valence-corrected chi connectivity index (χ4v) is 6.33. The summed E-state index contributed by atoms with van der Waals surface area (Å²) in [5.74, 6) is -0.0167. The molecule has 2 amide bonds. The van der Waals surface area contributed by atoms with Crippen LogP contribution in [-0.2, 0) is 11.3 Å². The van der Waals surface area contributed by atoms with Crippen LogP contribution in [0.2, 0.25) is 5.02 Å². The first kappa shape index (κ1) is 30.2. The summed E-state index contributed by atoms with van der Waals surface area (Å²) in [6, 6.07) is 43.3. The summed E-state index contributed by atoms with van der Waals surface area (Å²) in [6.07, 6.45) is 1.83. The summed E-state index contributed by atoms with van der Waals surface area (Å²) in [6.45, 7) is 2.25. The van der Waals surface area contributed by atoms with E-state index < -0.39 is 0 Å². The number of carbonyl (C=O) groups is 2. The van der Waals surface area contributed by atoms with Crippen molar-refractivity contribution in [2.75, 3.05) is 23.3 Å². The highest BCUT2D eigenvalue weighted by Gasteiger charge is 2.32. The van der Waals surface area contributed by atoms with E-state index in [4.69, 9.17) is 11.6 Å². The van der Waals surface area contributed by atoms with Crippen molar-refractivity contribution in [1.82, 2.24) is 5.32 Å². The Morgan fingerprint density at radius 1 is 0.733 bits per heavy atom. The summed E-state index contributed by atoms with van der Waals surface area (Å²) in [5.41, 5.74) is 6.41. The highest BCUT2D eigenvalue weighted by atomic mass is 35.5. The Labute approximate surface area is 269 Å². The highest BCUT2D eigenvalue weighted by molar-refractivity contribution is 6.30. The van der Waals surface area contributed by atoms with Crippen molar-refractivity contribution >= 4 is 34.8 Å². The molecule has 0 saturated carbocycles. The van der Waals surface area contributed by atoms with Gasteiger partial charge >= 0.3 is 0 Å². The first-order chi connectivity index (χ1) is 22.0. The highest BCUT2D eigenvalue weighted by Crippen LogP contribution is 2.35. The van der Waals surface area contributed by atoms with Crippen molar-refractivity contribution in [1.29, 1.82) is 0 Å². The van der Waals surface area contributed by atoms with Crippen LogP contribution >= 0.6 is 11.6 Å². The molecule has 1 heterocycles. The number of hydrogen-bond donors (Lipinski definition) is 2. The molecule has 5 nitrogen and oxygen atoms in total. The molecular weight excluding hydrogens is 578 g/mol. The van der Waals surface area contributed by atoms with Gasteiger partial charge in [0, 0.05) is 41.6 Å². The third-order valence-corrected chi connectivity index (χ3v) is 8.83. The van der Waals surface area contributed by atoms with Gasteiger partial charge < -0.3 is 15.5 Å². The zero-order valence-corrected chi connectivity index (χ0v) is 25.8. The number of nitrogens with zero attached hydrogens (tertiary/aromatic N) is 1. The average Bonchev–Trinajstić information content (AvgIpc) is 3.09. The standard InChI is InChI=1S/C39H36ClN3O2/c40-32-17-15-29(16-18-32)35-13-7-8-14-36(35)38(44)42-33-19-21-34(22-20-33)43-25-23-31(24-26-43)37(30-11-5-2-6-12-30)39(45)41-27-28-9-3-1-4-10-28/h1-22,31,37H,23-27H2,(H,41,45)(H,42,44). The van der Waals surface area contributed by atoms with Gasteiger partial charge in [-0.1, -0.05) is 103 Å². The van der Waals surface area contributed by atoms with E-state index in [1.165, 1.54) is 0 Å². The number of nitrogens with one attached hydrogen (secondary N) is 2. The van der Waals surface area contributed by atoms with Gasteiger partial charge in [-0.2, -0.15) is 0 Å². The normalized spacial score (nSPS) is 14.0. The second-order valence-electron chi connectivity index (χ2n) is 11.5. The van der Waals surface area contributed by atoms with Crippen LogP contribution in [-0.4, -0.2) is 24.9 Å². The number of hydrogen-bond acceptors (Lipinski definition) is 3. The van der Waals surface area contributed by atoms with Crippen molar-refractivity contribution in [3.63, 3.8) is 0 Å². The largest absolute Gasteiger partial charge is 0.372 e. The third kappa shape index (κ3) is 7.44. The number of halogens is 1. The molecule has 0 aliphatic carbocycles. The van der Waals surface area contributed by atoms with Crippen LogP contribution in [0.1, 0.15) is 40.2 Å². The van der Waals surface area contributed by atoms with E-state index in [2.05, 4.69) is 39.8 Å². The first-order valence-corrected chi connectivity index (χ1v) is 15.8. The van der Waals surface area contributed by atoms with Crippen LogP contribution in [0.15, 0.2) is 133 Å². The summed E-state index contributed by atoms with van der Waals surface area (Å²) in [5, 5.41) is 6.91. The Kier molecular flexibility index (Phi) is 9.57. The molecule has 0 radical (unpaired) electrons. The maximum Gasteiger partial charge on any atom is 0.256 e. The van der Waals surface area contributed by atoms with Crippen molar-refractivity contribution in [3.05, 3.63) is 155 Å². The van der Waals surface area contributed by atoms with E-state index >= 15 is 0 Å². The molecule has 6 rings (SSSR count). The van der Waals surface area contributed by atoms with Crippen LogP contribution < -0.4 is 15.5 Å². The van der Waals surface area contributed by atoms with Crippen LogP contribution in [0, 0.1) is 5.92 Å². The molecule has 6 heteroatoms. The summed E-state index contributed by atoms with van der Waals surface area (Å²) in [4.78, 5) is 29.2. The number of anilines is 2. The molecule has 1 atom stereocenters. The van der Waals surface area contributed by atoms with Crippen molar-refractivity contribution in [3.8, 4) is 11.1 Å². The van der Waals surface area contributed by atoms with Crippen molar-refractivity contribution in [2.24, 2.45) is 5.92 Å². The van der Waals surface area contributed by atoms with Gasteiger partial charge in [0.2, 0.25) is 5.91 Å². The third-order valence-electron chi connectivity index (χ3n) is 8.58. The van der Waals surface area contributed by atoms with E-state index in [1.54, 1.807) is 0 Å². The van der Waals surface area contributed by atoms with Crippen LogP contribution in [0.4, 0.5) is 11.4 Å². The van der Waals surface area contributed by atoms with Gasteiger partial charge in [0.15, 0.2) is 0 Å². The average molecular weight is 614 g/mol. The van der Waals surface area contributed by atoms with Gasteiger partial charge in [-0.05, 0) is 83.5 Å². The van der Waals surface area contributed by atoms with E-state index in [0.29, 0.717) is 17.1 Å². The van der Waals surface area contributed by atoms with Gasteiger partial charge in [-0.15, -0.1) is 0 Å². The Bertz CT molecular complexity index is 1720. The monoisotopic (exact) mass is 613 g/mol. The van der Waals surface area contributed by atoms with Crippen LogP contribution in [0.3, 0.4) is 0 Å². The van der Waals surface area contributed by atoms with Crippen molar-refractivity contribution < 1.29 is 9.59 Å². The molecule has 226 valence electrons. The minimum absolute atomic E-state index is 0.0845. The topological polar surface area (TPSA) is 61.4 Å². The zero-order chi connectivity index (χ0) is 31.0. The lowest BCUT2D eigenvalue weighted by molar-refractivity contribution is -0.124. The molecule has 5 aromatic carbocycles. The Hall–Kier alpha value is -4.87. The fourth-order valence-electron chi connectivity index (χ4n) is 6.20. The van der Waals surface area contributed by atoms with Crippen LogP contribution in [0.5, 0.6) is 0 Å². The summed E-state index contributed by atoms with van der Waals surface area (Å²) in [7, 11) is 0. The van der Waals surface area contributed by atoms with Crippen molar-refractivity contribution in [2.45, 2.75) is 25.3 Å². The SMILES string of the molecule is O=C(Nc1ccc(N2CCC(C(C(=O)NCc3ccccc3)c3ccccc3)CC2)cc1)c1ccccc1-c1ccc(Cl)cc1. The van der Waals surface area contributed by atoms with E-state index in [-0.39, 0.29) is 23.7 Å². The summed E-state index contributed by atoms with van der Waals surface area (Å²) < 4.78 is 0. The molecule has 2 N–H and O–H groups in total. The van der Waals surface area contributed by atoms with Gasteiger partial charge in [-0.3, -0.25) is 9.59 Å². The summed E-state index contributed by atoms with van der Waals surface area (Å²) >= 11 is 6.07. The number of amides is 2. The molecule has 0 bridgehead atoms. The van der Waals surface area contributed by atoms with Gasteiger partial charge in [0.05, 0.1) is 5.92 Å². The minimum atomic E-state index is -0.189.